The van der Waals surface area contributed by atoms with E-state index in [1.165, 1.54) is 13.2 Å². The zero-order valence-electron chi connectivity index (χ0n) is 12.1. The minimum absolute atomic E-state index is 0.205. The molecule has 0 saturated heterocycles. The Morgan fingerprint density at radius 3 is 2.90 bits per heavy atom. The summed E-state index contributed by atoms with van der Waals surface area (Å²) in [6.45, 7) is 1.64. The highest BCUT2D eigenvalue weighted by molar-refractivity contribution is 5.43. The van der Waals surface area contributed by atoms with Gasteiger partial charge >= 0.3 is 0 Å². The molecule has 1 aromatic carbocycles. The van der Waals surface area contributed by atoms with Crippen LogP contribution in [0.4, 0.5) is 4.39 Å². The molecule has 1 aliphatic rings. The van der Waals surface area contributed by atoms with Gasteiger partial charge in [0.1, 0.15) is 17.2 Å². The Balaban J connectivity index is 2.10. The molecule has 21 heavy (non-hydrogen) atoms. The van der Waals surface area contributed by atoms with E-state index in [9.17, 15) is 9.50 Å². The number of fused-ring (bicyclic) bond motifs is 1. The average Bonchev–Trinajstić information content (AvgIpc) is 2.91. The molecule has 0 aliphatic heterocycles. The van der Waals surface area contributed by atoms with Crippen LogP contribution in [0.1, 0.15) is 36.1 Å². The maximum atomic E-state index is 14.3. The van der Waals surface area contributed by atoms with Crippen LogP contribution >= 0.6 is 0 Å². The van der Waals surface area contributed by atoms with Crippen molar-refractivity contribution in [2.24, 2.45) is 0 Å². The largest absolute Gasteiger partial charge is 0.496 e. The van der Waals surface area contributed by atoms with E-state index >= 15 is 0 Å². The molecule has 2 unspecified atom stereocenters. The molecule has 0 fully saturated rings. The Morgan fingerprint density at radius 2 is 2.14 bits per heavy atom. The van der Waals surface area contributed by atoms with Gasteiger partial charge in [-0.15, -0.1) is 0 Å². The molecule has 0 saturated carbocycles. The van der Waals surface area contributed by atoms with Crippen molar-refractivity contribution in [3.63, 3.8) is 0 Å². The predicted octanol–water partition coefficient (Wildman–Crippen LogP) is 3.17. The van der Waals surface area contributed by atoms with Crippen LogP contribution in [0.3, 0.4) is 0 Å². The van der Waals surface area contributed by atoms with E-state index in [2.05, 4.69) is 4.98 Å². The van der Waals surface area contributed by atoms with Gasteiger partial charge in [0.25, 0.3) is 0 Å². The van der Waals surface area contributed by atoms with Crippen LogP contribution < -0.4 is 4.74 Å². The van der Waals surface area contributed by atoms with E-state index < -0.39 is 11.4 Å². The summed E-state index contributed by atoms with van der Waals surface area (Å²) >= 11 is 0. The first-order valence-corrected chi connectivity index (χ1v) is 7.05. The lowest BCUT2D eigenvalue weighted by molar-refractivity contribution is 0.0198. The van der Waals surface area contributed by atoms with Crippen molar-refractivity contribution in [3.8, 4) is 5.75 Å². The molecule has 1 aliphatic carbocycles. The molecule has 110 valence electrons. The molecule has 3 rings (SSSR count). The fraction of sp³-hybridized carbons (Fsp3) is 0.353. The van der Waals surface area contributed by atoms with Crippen molar-refractivity contribution in [2.45, 2.75) is 31.3 Å². The van der Waals surface area contributed by atoms with Crippen molar-refractivity contribution in [1.29, 1.82) is 0 Å². The molecule has 4 heteroatoms. The average molecular weight is 287 g/mol. The normalized spacial score (nSPS) is 19.9. The van der Waals surface area contributed by atoms with Gasteiger partial charge in [-0.3, -0.25) is 4.98 Å². The number of hydrogen-bond acceptors (Lipinski definition) is 3. The monoisotopic (exact) mass is 287 g/mol. The molecule has 0 radical (unpaired) electrons. The second-order valence-corrected chi connectivity index (χ2v) is 5.60. The van der Waals surface area contributed by atoms with E-state index in [1.807, 2.05) is 12.1 Å². The molecule has 0 amide bonds. The highest BCUT2D eigenvalue weighted by Crippen LogP contribution is 2.47. The number of hydrogen-bond donors (Lipinski definition) is 1. The zero-order chi connectivity index (χ0) is 15.0. The standard InChI is InChI=1S/C17H18FNO2/c1-17(20,15-13(18)6-3-7-14(15)21-2)12-9-8-11-5-4-10-19-16(11)12/h3-7,10,12,20H,8-9H2,1-2H3. The van der Waals surface area contributed by atoms with Gasteiger partial charge in [-0.25, -0.2) is 4.39 Å². The second kappa shape index (κ2) is 5.11. The van der Waals surface area contributed by atoms with Gasteiger partial charge in [0.05, 0.1) is 12.7 Å². The number of aliphatic hydroxyl groups is 1. The maximum Gasteiger partial charge on any atom is 0.133 e. The van der Waals surface area contributed by atoms with Crippen LogP contribution in [-0.2, 0) is 12.0 Å². The number of methoxy groups -OCH3 is 1. The highest BCUT2D eigenvalue weighted by atomic mass is 19.1. The molecule has 2 aromatic rings. The third-order valence-electron chi connectivity index (χ3n) is 4.34. The third kappa shape index (κ3) is 2.20. The van der Waals surface area contributed by atoms with Gasteiger partial charge in [0, 0.05) is 17.8 Å². The summed E-state index contributed by atoms with van der Waals surface area (Å²) in [4.78, 5) is 4.39. The summed E-state index contributed by atoms with van der Waals surface area (Å²) in [5, 5.41) is 11.1. The summed E-state index contributed by atoms with van der Waals surface area (Å²) in [5.41, 5.74) is 0.818. The zero-order valence-corrected chi connectivity index (χ0v) is 12.1. The SMILES string of the molecule is COc1cccc(F)c1C(C)(O)C1CCc2cccnc21. The highest BCUT2D eigenvalue weighted by Gasteiger charge is 2.43. The third-order valence-corrected chi connectivity index (χ3v) is 4.34. The fourth-order valence-corrected chi connectivity index (χ4v) is 3.30. The van der Waals surface area contributed by atoms with E-state index in [0.29, 0.717) is 5.75 Å². The van der Waals surface area contributed by atoms with Crippen molar-refractivity contribution < 1.29 is 14.2 Å². The first-order chi connectivity index (χ1) is 10.1. The number of rotatable bonds is 3. The molecular weight excluding hydrogens is 269 g/mol. The number of halogens is 1. The van der Waals surface area contributed by atoms with Crippen LogP contribution in [0.5, 0.6) is 5.75 Å². The van der Waals surface area contributed by atoms with Crippen molar-refractivity contribution in [3.05, 3.63) is 59.2 Å². The number of benzene rings is 1. The van der Waals surface area contributed by atoms with Crippen LogP contribution in [0, 0.1) is 5.82 Å². The molecule has 1 heterocycles. The summed E-state index contributed by atoms with van der Waals surface area (Å²) < 4.78 is 19.5. The van der Waals surface area contributed by atoms with Gasteiger partial charge in [0.2, 0.25) is 0 Å². The predicted molar refractivity (Wildman–Crippen MR) is 77.8 cm³/mol. The minimum Gasteiger partial charge on any atom is -0.496 e. The van der Waals surface area contributed by atoms with Crippen molar-refractivity contribution in [2.75, 3.05) is 7.11 Å². The van der Waals surface area contributed by atoms with E-state index in [1.54, 1.807) is 25.3 Å². The van der Waals surface area contributed by atoms with Crippen LogP contribution in [0.2, 0.25) is 0 Å². The Bertz CT molecular complexity index is 670. The van der Waals surface area contributed by atoms with E-state index in [4.69, 9.17) is 4.74 Å². The van der Waals surface area contributed by atoms with Gasteiger partial charge in [-0.1, -0.05) is 12.1 Å². The lowest BCUT2D eigenvalue weighted by atomic mass is 9.80. The van der Waals surface area contributed by atoms with Gasteiger partial charge < -0.3 is 9.84 Å². The molecule has 2 atom stereocenters. The number of aromatic nitrogens is 1. The molecule has 1 aromatic heterocycles. The van der Waals surface area contributed by atoms with Gasteiger partial charge in [-0.2, -0.15) is 0 Å². The van der Waals surface area contributed by atoms with Crippen molar-refractivity contribution in [1.82, 2.24) is 4.98 Å². The van der Waals surface area contributed by atoms with Crippen molar-refractivity contribution >= 4 is 0 Å². The summed E-state index contributed by atoms with van der Waals surface area (Å²) in [6.07, 6.45) is 3.31. The lowest BCUT2D eigenvalue weighted by Gasteiger charge is -2.32. The summed E-state index contributed by atoms with van der Waals surface area (Å²) in [5.74, 6) is -0.326. The van der Waals surface area contributed by atoms with Gasteiger partial charge in [0.15, 0.2) is 0 Å². The molecule has 3 nitrogen and oxygen atoms in total. The molecule has 0 bridgehead atoms. The van der Waals surface area contributed by atoms with Gasteiger partial charge in [-0.05, 0) is 43.5 Å². The lowest BCUT2D eigenvalue weighted by Crippen LogP contribution is -2.31. The number of nitrogens with zero attached hydrogens (tertiary/aromatic N) is 1. The Labute approximate surface area is 123 Å². The number of pyridine rings is 1. The first-order valence-electron chi connectivity index (χ1n) is 7.05. The maximum absolute atomic E-state index is 14.3. The van der Waals surface area contributed by atoms with Crippen LogP contribution in [0.15, 0.2) is 36.5 Å². The van der Waals surface area contributed by atoms with Crippen LogP contribution in [0.25, 0.3) is 0 Å². The summed E-state index contributed by atoms with van der Waals surface area (Å²) in [7, 11) is 1.48. The van der Waals surface area contributed by atoms with E-state index in [0.717, 1.165) is 24.1 Å². The number of ether oxygens (including phenoxy) is 1. The summed E-state index contributed by atoms with van der Waals surface area (Å²) in [6, 6.07) is 8.49. The second-order valence-electron chi connectivity index (χ2n) is 5.60. The molecule has 1 N–H and O–H groups in total. The Kier molecular flexibility index (Phi) is 3.41. The van der Waals surface area contributed by atoms with E-state index in [-0.39, 0.29) is 11.5 Å². The molecule has 0 spiro atoms. The first kappa shape index (κ1) is 14.0. The Morgan fingerprint density at radius 1 is 1.33 bits per heavy atom. The number of aryl methyl sites for hydroxylation is 1. The molecular formula is C17H18FNO2. The smallest absolute Gasteiger partial charge is 0.133 e. The quantitative estimate of drug-likeness (QED) is 0.943. The van der Waals surface area contributed by atoms with Crippen LogP contribution in [-0.4, -0.2) is 17.2 Å². The minimum atomic E-state index is -1.36. The topological polar surface area (TPSA) is 42.4 Å². The fourth-order valence-electron chi connectivity index (χ4n) is 3.30. The Hall–Kier alpha value is -1.94.